The third-order valence-corrected chi connectivity index (χ3v) is 6.15. The van der Waals surface area contributed by atoms with Crippen LogP contribution in [0.4, 0.5) is 11.4 Å². The fourth-order valence-corrected chi connectivity index (χ4v) is 4.16. The molecule has 0 amide bonds. The summed E-state index contributed by atoms with van der Waals surface area (Å²) in [6.07, 6.45) is 0. The van der Waals surface area contributed by atoms with Crippen LogP contribution in [0.2, 0.25) is 0 Å². The van der Waals surface area contributed by atoms with Gasteiger partial charge in [-0.2, -0.15) is 0 Å². The minimum absolute atomic E-state index is 0.446. The zero-order valence-corrected chi connectivity index (χ0v) is 22.6. The number of ether oxygens (including phenoxy) is 4. The highest BCUT2D eigenvalue weighted by Crippen LogP contribution is 2.27. The van der Waals surface area contributed by atoms with E-state index in [0.29, 0.717) is 26.3 Å². The zero-order chi connectivity index (χ0) is 26.7. The first-order chi connectivity index (χ1) is 18.5. The predicted octanol–water partition coefficient (Wildman–Crippen LogP) is 6.43. The molecule has 0 aliphatic heterocycles. The first-order valence-corrected chi connectivity index (χ1v) is 12.7. The second-order valence-corrected chi connectivity index (χ2v) is 9.15. The van der Waals surface area contributed by atoms with Gasteiger partial charge < -0.3 is 28.7 Å². The van der Waals surface area contributed by atoms with Gasteiger partial charge in [-0.1, -0.05) is 36.4 Å². The topological polar surface area (TPSA) is 43.4 Å². The second kappa shape index (κ2) is 13.3. The molecule has 4 aromatic carbocycles. The van der Waals surface area contributed by atoms with Gasteiger partial charge in [-0.3, -0.25) is 0 Å². The third-order valence-electron chi connectivity index (χ3n) is 6.15. The Balaban J connectivity index is 1.46. The molecule has 0 aliphatic carbocycles. The quantitative estimate of drug-likeness (QED) is 0.192. The summed E-state index contributed by atoms with van der Waals surface area (Å²) in [5, 5.41) is 0. The minimum Gasteiger partial charge on any atom is -0.497 e. The maximum absolute atomic E-state index is 6.07. The molecule has 0 saturated heterocycles. The molecule has 198 valence electrons. The van der Waals surface area contributed by atoms with Gasteiger partial charge in [0.2, 0.25) is 0 Å². The maximum atomic E-state index is 6.07. The van der Waals surface area contributed by atoms with E-state index in [0.717, 1.165) is 45.5 Å². The molecule has 0 unspecified atom stereocenters. The summed E-state index contributed by atoms with van der Waals surface area (Å²) >= 11 is 0. The molecule has 0 spiro atoms. The number of hydrogen-bond donors (Lipinski definition) is 0. The first kappa shape index (κ1) is 26.7. The molecular formula is C32H36N2O4. The fraction of sp³-hybridized carbons (Fsp3) is 0.250. The monoisotopic (exact) mass is 512 g/mol. The van der Waals surface area contributed by atoms with E-state index in [4.69, 9.17) is 18.9 Å². The van der Waals surface area contributed by atoms with Crippen LogP contribution in [0.3, 0.4) is 0 Å². The van der Waals surface area contributed by atoms with Crippen molar-refractivity contribution in [1.29, 1.82) is 0 Å². The van der Waals surface area contributed by atoms with Crippen LogP contribution in [0.5, 0.6) is 23.0 Å². The van der Waals surface area contributed by atoms with E-state index in [-0.39, 0.29) is 0 Å². The summed E-state index contributed by atoms with van der Waals surface area (Å²) in [6.45, 7) is 2.33. The minimum atomic E-state index is 0.446. The molecule has 6 heteroatoms. The molecule has 6 nitrogen and oxygen atoms in total. The van der Waals surface area contributed by atoms with Gasteiger partial charge in [0.05, 0.1) is 14.2 Å². The molecule has 0 aliphatic rings. The van der Waals surface area contributed by atoms with E-state index in [1.807, 2.05) is 68.7 Å². The average molecular weight is 513 g/mol. The number of benzene rings is 4. The highest BCUT2D eigenvalue weighted by Gasteiger charge is 2.12. The van der Waals surface area contributed by atoms with Crippen molar-refractivity contribution in [3.63, 3.8) is 0 Å². The molecule has 4 rings (SSSR count). The number of anilines is 2. The van der Waals surface area contributed by atoms with Crippen molar-refractivity contribution in [3.05, 3.63) is 108 Å². The van der Waals surface area contributed by atoms with Crippen molar-refractivity contribution in [3.8, 4) is 23.0 Å². The lowest BCUT2D eigenvalue weighted by Gasteiger charge is -2.26. The van der Waals surface area contributed by atoms with Crippen LogP contribution in [0.25, 0.3) is 0 Å². The number of hydrogen-bond acceptors (Lipinski definition) is 6. The van der Waals surface area contributed by atoms with Crippen LogP contribution in [-0.4, -0.2) is 41.5 Å². The molecule has 0 heterocycles. The number of methoxy groups -OCH3 is 2. The Morgan fingerprint density at radius 1 is 0.526 bits per heavy atom. The molecule has 0 aromatic heterocycles. The lowest BCUT2D eigenvalue weighted by molar-refractivity contribution is 0.217. The van der Waals surface area contributed by atoms with Crippen molar-refractivity contribution in [2.24, 2.45) is 0 Å². The Labute approximate surface area is 225 Å². The summed E-state index contributed by atoms with van der Waals surface area (Å²) < 4.78 is 22.9. The highest BCUT2D eigenvalue weighted by atomic mass is 16.5. The molecule has 0 saturated carbocycles. The lowest BCUT2D eigenvalue weighted by Crippen LogP contribution is -2.22. The Hall–Kier alpha value is -4.32. The maximum Gasteiger partial charge on any atom is 0.122 e. The van der Waals surface area contributed by atoms with E-state index in [2.05, 4.69) is 52.3 Å². The third kappa shape index (κ3) is 7.59. The van der Waals surface area contributed by atoms with Crippen molar-refractivity contribution < 1.29 is 18.9 Å². The summed E-state index contributed by atoms with van der Waals surface area (Å²) in [4.78, 5) is 4.37. The molecule has 38 heavy (non-hydrogen) atoms. The van der Waals surface area contributed by atoms with Gasteiger partial charge in [-0.05, 0) is 59.7 Å². The second-order valence-electron chi connectivity index (χ2n) is 9.15. The SMILES string of the molecule is COc1cccc(CN(Cc2cccc(OC)c2)c2cccc(OCCOc3cccc(N(C)C)c3)c2)c1. The largest absolute Gasteiger partial charge is 0.497 e. The van der Waals surface area contributed by atoms with Crippen LogP contribution < -0.4 is 28.7 Å². The standard InChI is InChI=1S/C32H36N2O4/c1-33(2)27-11-7-15-31(21-27)37-17-18-38-32-16-8-12-28(22-32)34(23-25-9-5-13-29(19-25)35-3)24-26-10-6-14-30(20-26)36-4/h5-16,19-22H,17-18,23-24H2,1-4H3. The van der Waals surface area contributed by atoms with Crippen LogP contribution in [-0.2, 0) is 13.1 Å². The van der Waals surface area contributed by atoms with Crippen LogP contribution >= 0.6 is 0 Å². The predicted molar refractivity (Wildman–Crippen MR) is 154 cm³/mol. The Bertz CT molecular complexity index is 1260. The molecular weight excluding hydrogens is 476 g/mol. The van der Waals surface area contributed by atoms with Crippen LogP contribution in [0.1, 0.15) is 11.1 Å². The number of rotatable bonds is 13. The number of nitrogens with zero attached hydrogens (tertiary/aromatic N) is 2. The summed E-state index contributed by atoms with van der Waals surface area (Å²) in [5.74, 6) is 3.32. The van der Waals surface area contributed by atoms with Gasteiger partial charge in [0.1, 0.15) is 36.2 Å². The van der Waals surface area contributed by atoms with E-state index in [9.17, 15) is 0 Å². The fourth-order valence-electron chi connectivity index (χ4n) is 4.16. The first-order valence-electron chi connectivity index (χ1n) is 12.7. The van der Waals surface area contributed by atoms with Crippen LogP contribution in [0.15, 0.2) is 97.1 Å². The van der Waals surface area contributed by atoms with Crippen LogP contribution in [0, 0.1) is 0 Å². The van der Waals surface area contributed by atoms with E-state index in [1.54, 1.807) is 14.2 Å². The normalized spacial score (nSPS) is 10.5. The molecule has 0 N–H and O–H groups in total. The van der Waals surface area contributed by atoms with E-state index >= 15 is 0 Å². The van der Waals surface area contributed by atoms with E-state index in [1.165, 1.54) is 0 Å². The molecule has 4 aromatic rings. The highest BCUT2D eigenvalue weighted by molar-refractivity contribution is 5.52. The van der Waals surface area contributed by atoms with Crippen molar-refractivity contribution in [2.45, 2.75) is 13.1 Å². The summed E-state index contributed by atoms with van der Waals surface area (Å²) in [5.41, 5.74) is 4.48. The van der Waals surface area contributed by atoms with Crippen molar-refractivity contribution >= 4 is 11.4 Å². The van der Waals surface area contributed by atoms with Gasteiger partial charge in [-0.25, -0.2) is 0 Å². The van der Waals surface area contributed by atoms with Crippen molar-refractivity contribution in [2.75, 3.05) is 51.3 Å². The summed E-state index contributed by atoms with van der Waals surface area (Å²) in [7, 11) is 7.41. The zero-order valence-electron chi connectivity index (χ0n) is 22.6. The van der Waals surface area contributed by atoms with Crippen molar-refractivity contribution in [1.82, 2.24) is 0 Å². The van der Waals surface area contributed by atoms with Gasteiger partial charge in [0.25, 0.3) is 0 Å². The Morgan fingerprint density at radius 2 is 0.974 bits per heavy atom. The Morgan fingerprint density at radius 3 is 1.47 bits per heavy atom. The Kier molecular flexibility index (Phi) is 9.35. The smallest absolute Gasteiger partial charge is 0.122 e. The summed E-state index contributed by atoms with van der Waals surface area (Å²) in [6, 6.07) is 32.6. The van der Waals surface area contributed by atoms with Gasteiger partial charge >= 0.3 is 0 Å². The van der Waals surface area contributed by atoms with E-state index < -0.39 is 0 Å². The average Bonchev–Trinajstić information content (AvgIpc) is 2.95. The molecule has 0 fully saturated rings. The van der Waals surface area contributed by atoms with Gasteiger partial charge in [0.15, 0.2) is 0 Å². The molecule has 0 atom stereocenters. The molecule has 0 bridgehead atoms. The van der Waals surface area contributed by atoms with Gasteiger partial charge in [-0.15, -0.1) is 0 Å². The van der Waals surface area contributed by atoms with Gasteiger partial charge in [0, 0.05) is 50.7 Å². The lowest BCUT2D eigenvalue weighted by atomic mass is 10.1. The molecule has 0 radical (unpaired) electrons.